The first-order valence-electron chi connectivity index (χ1n) is 13.5. The van der Waals surface area contributed by atoms with Crippen molar-refractivity contribution in [1.29, 1.82) is 0 Å². The summed E-state index contributed by atoms with van der Waals surface area (Å²) in [6.07, 6.45) is -1.81. The minimum atomic E-state index is -1.02. The molecule has 2 heterocycles. The van der Waals surface area contributed by atoms with E-state index in [-0.39, 0.29) is 0 Å². The number of thiazole rings is 2. The molecule has 0 saturated heterocycles. The predicted molar refractivity (Wildman–Crippen MR) is 178 cm³/mol. The maximum absolute atomic E-state index is 10.8. The molecule has 2 atom stereocenters. The van der Waals surface area contributed by atoms with Gasteiger partial charge in [-0.3, -0.25) is 0 Å². The van der Waals surface area contributed by atoms with E-state index in [1.165, 1.54) is 36.5 Å². The van der Waals surface area contributed by atoms with Crippen LogP contribution in [0.3, 0.4) is 0 Å². The summed E-state index contributed by atoms with van der Waals surface area (Å²) in [6.45, 7) is 2.94. The molecule has 0 amide bonds. The van der Waals surface area contributed by atoms with Gasteiger partial charge in [0, 0.05) is 10.0 Å². The highest BCUT2D eigenvalue weighted by Gasteiger charge is 2.14. The normalized spacial score (nSPS) is 12.1. The van der Waals surface area contributed by atoms with Crippen LogP contribution in [-0.2, 0) is 9.59 Å². The lowest BCUT2D eigenvalue weighted by Gasteiger charge is -2.10. The molecule has 0 aliphatic rings. The van der Waals surface area contributed by atoms with Gasteiger partial charge in [-0.2, -0.15) is 0 Å². The Morgan fingerprint density at radius 1 is 0.609 bits per heavy atom. The van der Waals surface area contributed by atoms with Crippen molar-refractivity contribution in [2.24, 2.45) is 0 Å². The SMILES string of the molecule is CC(Oc1ccc(Oc2nc3ccc(Cl)cc3s2)cc1)C(=O)O.CC(Oc1ccc(Oc2nc3ccc(Cl)cc3s2)cc1)C(=O)O. The minimum Gasteiger partial charge on any atom is -0.479 e. The Morgan fingerprint density at radius 3 is 1.30 bits per heavy atom. The molecule has 2 aromatic heterocycles. The largest absolute Gasteiger partial charge is 0.479 e. The number of ether oxygens (including phenoxy) is 4. The van der Waals surface area contributed by atoms with Gasteiger partial charge < -0.3 is 29.2 Å². The maximum atomic E-state index is 10.8. The van der Waals surface area contributed by atoms with Gasteiger partial charge in [-0.1, -0.05) is 45.9 Å². The summed E-state index contributed by atoms with van der Waals surface area (Å²) in [4.78, 5) is 30.3. The summed E-state index contributed by atoms with van der Waals surface area (Å²) < 4.78 is 23.8. The molecule has 236 valence electrons. The van der Waals surface area contributed by atoms with Gasteiger partial charge in [-0.25, -0.2) is 19.6 Å². The second kappa shape index (κ2) is 14.6. The summed E-state index contributed by atoms with van der Waals surface area (Å²) in [5, 5.41) is 20.0. The summed E-state index contributed by atoms with van der Waals surface area (Å²) in [7, 11) is 0. The monoisotopic (exact) mass is 698 g/mol. The lowest BCUT2D eigenvalue weighted by molar-refractivity contribution is -0.145. The second-order valence-corrected chi connectivity index (χ2v) is 12.4. The van der Waals surface area contributed by atoms with Crippen molar-refractivity contribution in [2.45, 2.75) is 26.1 Å². The van der Waals surface area contributed by atoms with Crippen molar-refractivity contribution < 1.29 is 38.7 Å². The second-order valence-electron chi connectivity index (χ2n) is 9.53. The van der Waals surface area contributed by atoms with E-state index in [1.54, 1.807) is 60.7 Å². The van der Waals surface area contributed by atoms with Crippen molar-refractivity contribution in [3.8, 4) is 33.4 Å². The number of fused-ring (bicyclic) bond motifs is 2. The van der Waals surface area contributed by atoms with Crippen molar-refractivity contribution >= 4 is 78.2 Å². The Bertz CT molecular complexity index is 1840. The molecular formula is C32H24Cl2N2O8S2. The molecule has 6 aromatic rings. The molecule has 0 bridgehead atoms. The molecule has 4 aromatic carbocycles. The van der Waals surface area contributed by atoms with Crippen LogP contribution in [0.2, 0.25) is 10.0 Å². The number of carbonyl (C=O) groups is 2. The lowest BCUT2D eigenvalue weighted by Crippen LogP contribution is -2.22. The molecule has 2 unspecified atom stereocenters. The van der Waals surface area contributed by atoms with Crippen molar-refractivity contribution in [3.63, 3.8) is 0 Å². The molecule has 10 nitrogen and oxygen atoms in total. The summed E-state index contributed by atoms with van der Waals surface area (Å²) in [5.41, 5.74) is 1.65. The van der Waals surface area contributed by atoms with E-state index in [0.717, 1.165) is 20.4 Å². The lowest BCUT2D eigenvalue weighted by atomic mass is 10.3. The molecule has 0 radical (unpaired) electrons. The highest BCUT2D eigenvalue weighted by molar-refractivity contribution is 7.20. The average molecular weight is 700 g/mol. The van der Waals surface area contributed by atoms with E-state index in [1.807, 2.05) is 24.3 Å². The smallest absolute Gasteiger partial charge is 0.344 e. The highest BCUT2D eigenvalue weighted by atomic mass is 35.5. The van der Waals surface area contributed by atoms with E-state index in [4.69, 9.17) is 52.4 Å². The Morgan fingerprint density at radius 2 is 0.957 bits per heavy atom. The van der Waals surface area contributed by atoms with Gasteiger partial charge in [0.1, 0.15) is 23.0 Å². The minimum absolute atomic E-state index is 0.461. The van der Waals surface area contributed by atoms with Crippen LogP contribution in [0.4, 0.5) is 0 Å². The number of nitrogens with zero attached hydrogens (tertiary/aromatic N) is 2. The summed E-state index contributed by atoms with van der Waals surface area (Å²) >= 11 is 14.7. The van der Waals surface area contributed by atoms with Gasteiger partial charge in [-0.15, -0.1) is 0 Å². The van der Waals surface area contributed by atoms with Crippen LogP contribution >= 0.6 is 45.9 Å². The molecule has 0 fully saturated rings. The van der Waals surface area contributed by atoms with Gasteiger partial charge in [-0.05, 0) is 98.8 Å². The van der Waals surface area contributed by atoms with Crippen molar-refractivity contribution in [2.75, 3.05) is 0 Å². The zero-order chi connectivity index (χ0) is 32.8. The topological polar surface area (TPSA) is 137 Å². The van der Waals surface area contributed by atoms with E-state index in [9.17, 15) is 9.59 Å². The molecule has 14 heteroatoms. The number of halogens is 2. The van der Waals surface area contributed by atoms with E-state index in [2.05, 4.69) is 9.97 Å². The van der Waals surface area contributed by atoms with E-state index in [0.29, 0.717) is 43.4 Å². The molecule has 6 rings (SSSR count). The number of benzene rings is 4. The molecule has 0 saturated carbocycles. The van der Waals surface area contributed by atoms with Crippen LogP contribution in [0, 0.1) is 0 Å². The highest BCUT2D eigenvalue weighted by Crippen LogP contribution is 2.34. The summed E-state index contributed by atoms with van der Waals surface area (Å²) in [6, 6.07) is 24.3. The van der Waals surface area contributed by atoms with Crippen LogP contribution in [0.5, 0.6) is 33.4 Å². The van der Waals surface area contributed by atoms with Crippen molar-refractivity contribution in [1.82, 2.24) is 9.97 Å². The third-order valence-electron chi connectivity index (χ3n) is 6.04. The standard InChI is InChI=1S/2C16H12ClNO4S/c2*1-9(15(19)20)21-11-3-5-12(6-4-11)22-16-18-13-7-2-10(17)8-14(13)23-16/h2*2-9H,1H3,(H,19,20). The first kappa shape index (κ1) is 32.8. The van der Waals surface area contributed by atoms with Crippen LogP contribution in [0.15, 0.2) is 84.9 Å². The van der Waals surface area contributed by atoms with E-state index < -0.39 is 24.1 Å². The Hall–Kier alpha value is -4.62. The Balaban J connectivity index is 0.000000181. The zero-order valence-corrected chi connectivity index (χ0v) is 27.2. The number of aromatic nitrogens is 2. The van der Waals surface area contributed by atoms with Gasteiger partial charge >= 0.3 is 11.9 Å². The number of hydrogen-bond donors (Lipinski definition) is 2. The molecule has 2 N–H and O–H groups in total. The number of rotatable bonds is 10. The fourth-order valence-electron chi connectivity index (χ4n) is 3.73. The van der Waals surface area contributed by atoms with Gasteiger partial charge in [0.25, 0.3) is 10.4 Å². The quantitative estimate of drug-likeness (QED) is 0.142. The van der Waals surface area contributed by atoms with Crippen LogP contribution in [0.1, 0.15) is 13.8 Å². The molecule has 0 spiro atoms. The maximum Gasteiger partial charge on any atom is 0.344 e. The number of hydrogen-bond acceptors (Lipinski definition) is 10. The van der Waals surface area contributed by atoms with Crippen LogP contribution in [-0.4, -0.2) is 44.3 Å². The third-order valence-corrected chi connectivity index (χ3v) is 8.30. The van der Waals surface area contributed by atoms with Gasteiger partial charge in [0.15, 0.2) is 12.2 Å². The fraction of sp³-hybridized carbons (Fsp3) is 0.125. The molecular weight excluding hydrogens is 675 g/mol. The Kier molecular flexibility index (Phi) is 10.4. The van der Waals surface area contributed by atoms with E-state index >= 15 is 0 Å². The van der Waals surface area contributed by atoms with Gasteiger partial charge in [0.2, 0.25) is 0 Å². The number of carboxylic acids is 2. The van der Waals surface area contributed by atoms with Gasteiger partial charge in [0.05, 0.1) is 20.4 Å². The number of aliphatic carboxylic acids is 2. The third kappa shape index (κ3) is 8.76. The molecule has 0 aliphatic carbocycles. The number of carboxylic acid groups (broad SMARTS) is 2. The molecule has 46 heavy (non-hydrogen) atoms. The van der Waals surface area contributed by atoms with Crippen LogP contribution in [0.25, 0.3) is 20.4 Å². The first-order valence-corrected chi connectivity index (χ1v) is 15.9. The van der Waals surface area contributed by atoms with Crippen LogP contribution < -0.4 is 18.9 Å². The Labute approximate surface area is 280 Å². The first-order chi connectivity index (χ1) is 22.0. The molecule has 0 aliphatic heterocycles. The van der Waals surface area contributed by atoms with Crippen molar-refractivity contribution in [3.05, 3.63) is 95.0 Å². The predicted octanol–water partition coefficient (Wildman–Crippen LogP) is 9.19. The average Bonchev–Trinajstić information content (AvgIpc) is 3.61. The summed E-state index contributed by atoms with van der Waals surface area (Å²) in [5.74, 6) is 0.0690. The zero-order valence-electron chi connectivity index (χ0n) is 24.0. The fourth-order valence-corrected chi connectivity index (χ4v) is 5.95.